The summed E-state index contributed by atoms with van der Waals surface area (Å²) in [6, 6.07) is 0. The SMILES string of the molecule is CC1(C)CCC(O)(CCC[C@@H]2CC[C@H]3[C@@H]4CC=C5C[C@](O)(C(F)(F)F)CC[C@]5(C)[C@H]4CC[C@]23C)CC1. The van der Waals surface area contributed by atoms with Crippen molar-refractivity contribution in [1.82, 2.24) is 0 Å². The zero-order valence-electron chi connectivity index (χ0n) is 23.0. The Morgan fingerprint density at radius 2 is 1.56 bits per heavy atom. The first-order valence-electron chi connectivity index (χ1n) is 14.8. The van der Waals surface area contributed by atoms with Gasteiger partial charge in [0.25, 0.3) is 0 Å². The number of rotatable bonds is 4. The van der Waals surface area contributed by atoms with Crippen LogP contribution in [-0.4, -0.2) is 27.6 Å². The summed E-state index contributed by atoms with van der Waals surface area (Å²) in [5.74, 6) is 2.35. The zero-order valence-corrected chi connectivity index (χ0v) is 23.0. The Kier molecular flexibility index (Phi) is 6.56. The lowest BCUT2D eigenvalue weighted by atomic mass is 9.46. The lowest BCUT2D eigenvalue weighted by Gasteiger charge is -2.59. The lowest BCUT2D eigenvalue weighted by molar-refractivity contribution is -0.271. The van der Waals surface area contributed by atoms with Gasteiger partial charge in [0.1, 0.15) is 0 Å². The highest BCUT2D eigenvalue weighted by Crippen LogP contribution is 2.68. The van der Waals surface area contributed by atoms with Gasteiger partial charge in [-0.15, -0.1) is 0 Å². The minimum atomic E-state index is -4.56. The number of alkyl halides is 3. The van der Waals surface area contributed by atoms with Crippen LogP contribution in [0.5, 0.6) is 0 Å². The molecule has 0 aromatic rings. The molecule has 0 heterocycles. The van der Waals surface area contributed by atoms with Crippen molar-refractivity contribution in [3.05, 3.63) is 11.6 Å². The molecule has 0 saturated heterocycles. The fourth-order valence-electron chi connectivity index (χ4n) is 9.79. The molecular formula is C31H49F3O2. The van der Waals surface area contributed by atoms with Gasteiger partial charge in [0.15, 0.2) is 5.60 Å². The number of halogens is 3. The molecule has 2 N–H and O–H groups in total. The molecular weight excluding hydrogens is 461 g/mol. The molecule has 2 nitrogen and oxygen atoms in total. The van der Waals surface area contributed by atoms with Crippen molar-refractivity contribution in [1.29, 1.82) is 0 Å². The van der Waals surface area contributed by atoms with Gasteiger partial charge in [0.2, 0.25) is 0 Å². The van der Waals surface area contributed by atoms with E-state index in [4.69, 9.17) is 0 Å². The maximum atomic E-state index is 13.6. The molecule has 0 bridgehead atoms. The van der Waals surface area contributed by atoms with Crippen molar-refractivity contribution in [2.24, 2.45) is 39.9 Å². The molecule has 0 aromatic carbocycles. The van der Waals surface area contributed by atoms with Gasteiger partial charge in [-0.1, -0.05) is 45.8 Å². The first-order chi connectivity index (χ1) is 16.6. The molecule has 5 rings (SSSR count). The van der Waals surface area contributed by atoms with E-state index in [1.54, 1.807) is 0 Å². The van der Waals surface area contributed by atoms with Crippen LogP contribution in [0.2, 0.25) is 0 Å². The summed E-state index contributed by atoms with van der Waals surface area (Å²) in [6.07, 6.45) is 10.6. The molecule has 0 radical (unpaired) electrons. The van der Waals surface area contributed by atoms with Crippen molar-refractivity contribution in [3.63, 3.8) is 0 Å². The third-order valence-corrected chi connectivity index (χ3v) is 12.6. The van der Waals surface area contributed by atoms with E-state index in [1.807, 2.05) is 0 Å². The fraction of sp³-hybridized carbons (Fsp3) is 0.935. The summed E-state index contributed by atoms with van der Waals surface area (Å²) in [7, 11) is 0. The second kappa shape index (κ2) is 8.73. The Balaban J connectivity index is 1.24. The molecule has 5 aliphatic rings. The normalized spacial score (nSPS) is 45.9. The summed E-state index contributed by atoms with van der Waals surface area (Å²) in [6.45, 7) is 9.34. The summed E-state index contributed by atoms with van der Waals surface area (Å²) < 4.78 is 40.8. The topological polar surface area (TPSA) is 40.5 Å². The standard InChI is InChI=1S/C31H49F3O2/c1-26(2)14-17-29(35,18-15-26)12-5-6-21-8-10-24-23-9-7-22-20-30(36,31(32,33)34)19-16-28(22,4)25(23)11-13-27(21,24)3/h7,21,23-25,35-36H,5-6,8-20H2,1-4H3/t21-,23+,24+,25+,27-,28+,30+/m1/s1. The van der Waals surface area contributed by atoms with Gasteiger partial charge in [0, 0.05) is 6.42 Å². The molecule has 0 unspecified atom stereocenters. The highest BCUT2D eigenvalue weighted by Gasteiger charge is 2.63. The quantitative estimate of drug-likeness (QED) is 0.373. The average molecular weight is 511 g/mol. The van der Waals surface area contributed by atoms with Crippen LogP contribution in [0.3, 0.4) is 0 Å². The summed E-state index contributed by atoms with van der Waals surface area (Å²) >= 11 is 0. The third kappa shape index (κ3) is 4.40. The molecule has 4 saturated carbocycles. The average Bonchev–Trinajstić information content (AvgIpc) is 3.12. The monoisotopic (exact) mass is 510 g/mol. The molecule has 0 aliphatic heterocycles. The first-order valence-corrected chi connectivity index (χ1v) is 14.8. The van der Waals surface area contributed by atoms with Crippen molar-refractivity contribution in [2.75, 3.05) is 0 Å². The number of allylic oxidation sites excluding steroid dienone is 1. The summed E-state index contributed by atoms with van der Waals surface area (Å²) in [5.41, 5.74) is -1.66. The molecule has 206 valence electrons. The van der Waals surface area contributed by atoms with Crippen LogP contribution < -0.4 is 0 Å². The predicted octanol–water partition coefficient (Wildman–Crippen LogP) is 8.36. The molecule has 0 amide bonds. The molecule has 5 aliphatic carbocycles. The van der Waals surface area contributed by atoms with Gasteiger partial charge in [-0.05, 0) is 123 Å². The van der Waals surface area contributed by atoms with Crippen molar-refractivity contribution in [3.8, 4) is 0 Å². The van der Waals surface area contributed by atoms with Gasteiger partial charge in [0.05, 0.1) is 5.60 Å². The Hall–Kier alpha value is -0.550. The predicted molar refractivity (Wildman–Crippen MR) is 137 cm³/mol. The number of aliphatic hydroxyl groups is 2. The Labute approximate surface area is 216 Å². The first kappa shape index (κ1) is 27.0. The van der Waals surface area contributed by atoms with Gasteiger partial charge in [-0.25, -0.2) is 0 Å². The minimum Gasteiger partial charge on any atom is -0.390 e. The van der Waals surface area contributed by atoms with E-state index in [0.717, 1.165) is 56.9 Å². The summed E-state index contributed by atoms with van der Waals surface area (Å²) in [4.78, 5) is 0. The maximum Gasteiger partial charge on any atom is 0.417 e. The third-order valence-electron chi connectivity index (χ3n) is 12.6. The van der Waals surface area contributed by atoms with Crippen LogP contribution in [0.15, 0.2) is 11.6 Å². The van der Waals surface area contributed by atoms with Crippen LogP contribution in [0, 0.1) is 39.9 Å². The van der Waals surface area contributed by atoms with E-state index in [2.05, 4.69) is 33.8 Å². The Morgan fingerprint density at radius 1 is 0.861 bits per heavy atom. The largest absolute Gasteiger partial charge is 0.417 e. The van der Waals surface area contributed by atoms with Crippen LogP contribution >= 0.6 is 0 Å². The van der Waals surface area contributed by atoms with E-state index < -0.39 is 17.4 Å². The van der Waals surface area contributed by atoms with E-state index in [9.17, 15) is 23.4 Å². The molecule has 0 aromatic heterocycles. The molecule has 5 heteroatoms. The Bertz CT molecular complexity index is 868. The minimum absolute atomic E-state index is 0.168. The lowest BCUT2D eigenvalue weighted by Crippen LogP contribution is -2.55. The van der Waals surface area contributed by atoms with Gasteiger partial charge in [-0.3, -0.25) is 0 Å². The van der Waals surface area contributed by atoms with E-state index >= 15 is 0 Å². The second-order valence-corrected chi connectivity index (χ2v) is 15.1. The van der Waals surface area contributed by atoms with Crippen LogP contribution in [0.1, 0.15) is 124 Å². The molecule has 36 heavy (non-hydrogen) atoms. The Morgan fingerprint density at radius 3 is 2.22 bits per heavy atom. The number of hydrogen-bond donors (Lipinski definition) is 2. The van der Waals surface area contributed by atoms with Crippen LogP contribution in [0.25, 0.3) is 0 Å². The highest BCUT2D eigenvalue weighted by molar-refractivity contribution is 5.27. The van der Waals surface area contributed by atoms with Crippen molar-refractivity contribution < 1.29 is 23.4 Å². The van der Waals surface area contributed by atoms with Crippen LogP contribution in [-0.2, 0) is 0 Å². The van der Waals surface area contributed by atoms with E-state index in [0.29, 0.717) is 40.9 Å². The maximum absolute atomic E-state index is 13.6. The summed E-state index contributed by atoms with van der Waals surface area (Å²) in [5, 5.41) is 21.6. The van der Waals surface area contributed by atoms with Gasteiger partial charge >= 0.3 is 6.18 Å². The molecule has 7 atom stereocenters. The number of hydrogen-bond acceptors (Lipinski definition) is 2. The van der Waals surface area contributed by atoms with Crippen molar-refractivity contribution >= 4 is 0 Å². The van der Waals surface area contributed by atoms with E-state index in [-0.39, 0.29) is 18.3 Å². The fourth-order valence-corrected chi connectivity index (χ4v) is 9.79. The number of fused-ring (bicyclic) bond motifs is 5. The molecule has 4 fully saturated rings. The van der Waals surface area contributed by atoms with Crippen LogP contribution in [0.4, 0.5) is 13.2 Å². The van der Waals surface area contributed by atoms with Crippen molar-refractivity contribution in [2.45, 2.75) is 141 Å². The van der Waals surface area contributed by atoms with E-state index in [1.165, 1.54) is 25.7 Å². The second-order valence-electron chi connectivity index (χ2n) is 15.1. The molecule has 0 spiro atoms. The smallest absolute Gasteiger partial charge is 0.390 e. The zero-order chi connectivity index (χ0) is 26.2. The van der Waals surface area contributed by atoms with Gasteiger partial charge in [-0.2, -0.15) is 13.2 Å². The highest BCUT2D eigenvalue weighted by atomic mass is 19.4. The van der Waals surface area contributed by atoms with Gasteiger partial charge < -0.3 is 10.2 Å².